The molecule has 0 amide bonds. The Morgan fingerprint density at radius 2 is 1.61 bits per heavy atom. The maximum absolute atomic E-state index is 12.9. The van der Waals surface area contributed by atoms with E-state index in [1.54, 1.807) is 33.7 Å². The minimum Gasteiger partial charge on any atom is -0.226 e. The average molecular weight is 356 g/mol. The van der Waals surface area contributed by atoms with Gasteiger partial charge in [-0.05, 0) is 51.4 Å². The van der Waals surface area contributed by atoms with Gasteiger partial charge in [-0.1, -0.05) is 0 Å². The molecule has 1 aliphatic rings. The first-order chi connectivity index (χ1) is 11.1. The van der Waals surface area contributed by atoms with Crippen molar-refractivity contribution < 1.29 is 8.42 Å². The van der Waals surface area contributed by atoms with Gasteiger partial charge in [-0.3, -0.25) is 0 Å². The second kappa shape index (κ2) is 5.98. The predicted octanol–water partition coefficient (Wildman–Crippen LogP) is 4.32. The summed E-state index contributed by atoms with van der Waals surface area (Å²) in [6.07, 6.45) is 2.81. The van der Waals surface area contributed by atoms with Gasteiger partial charge in [0.15, 0.2) is 0 Å². The molecule has 3 rings (SSSR count). The number of hydrogen-bond acceptors (Lipinski definition) is 5. The Morgan fingerprint density at radius 3 is 1.96 bits per heavy atom. The van der Waals surface area contributed by atoms with Crippen LogP contribution in [0.25, 0.3) is 14.7 Å². The Kier molecular flexibility index (Phi) is 4.01. The van der Waals surface area contributed by atoms with Crippen LogP contribution in [0.1, 0.15) is 11.1 Å². The van der Waals surface area contributed by atoms with Crippen LogP contribution in [0, 0.1) is 17.9 Å². The highest BCUT2D eigenvalue weighted by Gasteiger charge is 2.30. The first-order valence-electron chi connectivity index (χ1n) is 6.33. The lowest BCUT2D eigenvalue weighted by Crippen LogP contribution is -2.10. The third-order valence-corrected chi connectivity index (χ3v) is 6.49. The summed E-state index contributed by atoms with van der Waals surface area (Å²) in [5.41, 5.74) is 1.33. The fourth-order valence-corrected chi connectivity index (χ4v) is 5.31. The predicted molar refractivity (Wildman–Crippen MR) is 92.8 cm³/mol. The summed E-state index contributed by atoms with van der Waals surface area (Å²) in [5.74, 6) is 0. The Morgan fingerprint density at radius 1 is 1.09 bits per heavy atom. The van der Waals surface area contributed by atoms with E-state index in [1.165, 1.54) is 34.8 Å². The lowest BCUT2D eigenvalue weighted by molar-refractivity contribution is 0.614. The van der Waals surface area contributed by atoms with E-state index in [9.17, 15) is 8.42 Å². The Bertz CT molecular complexity index is 948. The van der Waals surface area contributed by atoms with Gasteiger partial charge >= 0.3 is 0 Å². The van der Waals surface area contributed by atoms with Gasteiger partial charge in [0.2, 0.25) is 9.84 Å². The van der Waals surface area contributed by atoms with Crippen molar-refractivity contribution in [1.82, 2.24) is 0 Å². The van der Waals surface area contributed by atoms with E-state index in [2.05, 4.69) is 4.85 Å². The van der Waals surface area contributed by atoms with Crippen LogP contribution in [0.3, 0.4) is 0 Å². The Hall–Kier alpha value is -2.45. The van der Waals surface area contributed by atoms with Crippen molar-refractivity contribution in [2.24, 2.45) is 0 Å². The number of allylic oxidation sites excluding steroid dienone is 4. The molecule has 4 nitrogen and oxygen atoms in total. The fraction of sp³-hybridized carbons (Fsp3) is 0. The van der Waals surface area contributed by atoms with Gasteiger partial charge in [0, 0.05) is 11.1 Å². The van der Waals surface area contributed by atoms with Crippen LogP contribution < -0.4 is 0 Å². The number of hydrogen-bond donors (Lipinski definition) is 0. The molecule has 0 N–H and O–H groups in total. The number of nitriles is 1. The van der Waals surface area contributed by atoms with Crippen molar-refractivity contribution in [3.63, 3.8) is 0 Å². The summed E-state index contributed by atoms with van der Waals surface area (Å²) in [6, 6.07) is 5.26. The zero-order valence-electron chi connectivity index (χ0n) is 11.6. The molecule has 3 heterocycles. The van der Waals surface area contributed by atoms with Gasteiger partial charge < -0.3 is 0 Å². The third kappa shape index (κ3) is 2.66. The zero-order chi connectivity index (χ0) is 16.4. The van der Waals surface area contributed by atoms with E-state index in [-0.39, 0.29) is 15.5 Å². The zero-order valence-corrected chi connectivity index (χ0v) is 14.0. The summed E-state index contributed by atoms with van der Waals surface area (Å²) < 4.78 is 25.9. The second-order valence-corrected chi connectivity index (χ2v) is 8.02. The van der Waals surface area contributed by atoms with Crippen LogP contribution in [0.15, 0.2) is 57.1 Å². The van der Waals surface area contributed by atoms with E-state index < -0.39 is 9.84 Å². The molecule has 2 aromatic rings. The molecule has 0 aromatic carbocycles. The van der Waals surface area contributed by atoms with Crippen LogP contribution in [0.2, 0.25) is 0 Å². The van der Waals surface area contributed by atoms with Gasteiger partial charge in [-0.2, -0.15) is 22.7 Å². The first kappa shape index (κ1) is 15.4. The van der Waals surface area contributed by atoms with Crippen LogP contribution in [-0.4, -0.2) is 8.42 Å². The molecule has 0 fully saturated rings. The number of nitrogens with zero attached hydrogens (tertiary/aromatic N) is 2. The molecule has 0 unspecified atom stereocenters. The van der Waals surface area contributed by atoms with Crippen LogP contribution in [0.4, 0.5) is 0 Å². The highest BCUT2D eigenvalue weighted by molar-refractivity contribution is 8.09. The summed E-state index contributed by atoms with van der Waals surface area (Å²) in [7, 11) is -3.70. The quantitative estimate of drug-likeness (QED) is 0.595. The van der Waals surface area contributed by atoms with Crippen LogP contribution >= 0.6 is 22.7 Å². The van der Waals surface area contributed by atoms with E-state index in [4.69, 9.17) is 11.8 Å². The minimum absolute atomic E-state index is 0.119. The lowest BCUT2D eigenvalue weighted by atomic mass is 10.1. The third-order valence-electron chi connectivity index (χ3n) is 3.25. The molecule has 112 valence electrons. The Balaban J connectivity index is 2.32. The minimum atomic E-state index is -3.70. The largest absolute Gasteiger partial charge is 0.269 e. The van der Waals surface area contributed by atoms with E-state index in [0.717, 1.165) is 0 Å². The first-order valence-corrected chi connectivity index (χ1v) is 9.70. The van der Waals surface area contributed by atoms with Crippen molar-refractivity contribution in [2.45, 2.75) is 0 Å². The molecule has 0 spiro atoms. The molecule has 0 bridgehead atoms. The summed E-state index contributed by atoms with van der Waals surface area (Å²) >= 11 is 2.78. The molecular formula is C16H8N2O2S3. The van der Waals surface area contributed by atoms with E-state index in [0.29, 0.717) is 16.7 Å². The SMILES string of the molecule is [C-]#[N+]C(C#N)=C1C=C(c2ccsc2)S(=O)(=O)C(c2ccsc2)=C1. The van der Waals surface area contributed by atoms with Crippen molar-refractivity contribution in [2.75, 3.05) is 0 Å². The number of sulfone groups is 1. The smallest absolute Gasteiger partial charge is 0.226 e. The standard InChI is InChI=1S/C16H8N2O2S3/c1-18-14(8-17)13-6-15(11-2-4-21-9-11)23(19,20)16(7-13)12-3-5-22-10-12/h2-7,9-10H. The lowest BCUT2D eigenvalue weighted by Gasteiger charge is -2.17. The molecular weight excluding hydrogens is 348 g/mol. The van der Waals surface area contributed by atoms with Gasteiger partial charge in [-0.25, -0.2) is 18.5 Å². The van der Waals surface area contributed by atoms with Gasteiger partial charge in [0.05, 0.1) is 22.5 Å². The van der Waals surface area contributed by atoms with Crippen molar-refractivity contribution >= 4 is 42.3 Å². The van der Waals surface area contributed by atoms with Crippen molar-refractivity contribution in [3.05, 3.63) is 79.6 Å². The molecule has 0 atom stereocenters. The highest BCUT2D eigenvalue weighted by atomic mass is 32.2. The van der Waals surface area contributed by atoms with E-state index in [1.807, 2.05) is 6.07 Å². The summed E-state index contributed by atoms with van der Waals surface area (Å²) in [5, 5.41) is 16.2. The highest BCUT2D eigenvalue weighted by Crippen LogP contribution is 2.40. The topological polar surface area (TPSA) is 62.3 Å². The van der Waals surface area contributed by atoms with Crippen LogP contribution in [0.5, 0.6) is 0 Å². The second-order valence-electron chi connectivity index (χ2n) is 4.57. The molecule has 2 aromatic heterocycles. The summed E-state index contributed by atoms with van der Waals surface area (Å²) in [6.45, 7) is 7.12. The summed E-state index contributed by atoms with van der Waals surface area (Å²) in [4.78, 5) is 3.44. The number of thiophene rings is 2. The van der Waals surface area contributed by atoms with Gasteiger partial charge in [0.25, 0.3) is 5.70 Å². The van der Waals surface area contributed by atoms with Crippen molar-refractivity contribution in [1.29, 1.82) is 5.26 Å². The molecule has 0 aliphatic carbocycles. The van der Waals surface area contributed by atoms with Gasteiger partial charge in [-0.15, -0.1) is 0 Å². The number of rotatable bonds is 2. The molecule has 23 heavy (non-hydrogen) atoms. The van der Waals surface area contributed by atoms with Crippen LogP contribution in [-0.2, 0) is 9.84 Å². The van der Waals surface area contributed by atoms with E-state index >= 15 is 0 Å². The molecule has 0 saturated heterocycles. The Labute approximate surface area is 141 Å². The normalized spacial score (nSPS) is 16.0. The fourth-order valence-electron chi connectivity index (χ4n) is 2.17. The molecule has 0 radical (unpaired) electrons. The molecule has 1 aliphatic heterocycles. The molecule has 0 saturated carbocycles. The maximum Gasteiger partial charge on any atom is 0.269 e. The van der Waals surface area contributed by atoms with Gasteiger partial charge in [0.1, 0.15) is 0 Å². The van der Waals surface area contributed by atoms with Crippen molar-refractivity contribution in [3.8, 4) is 6.07 Å². The maximum atomic E-state index is 12.9. The monoisotopic (exact) mass is 356 g/mol. The molecule has 7 heteroatoms. The average Bonchev–Trinajstić information content (AvgIpc) is 3.22.